The molecule has 0 aliphatic carbocycles. The maximum absolute atomic E-state index is 12.2. The zero-order valence-corrected chi connectivity index (χ0v) is 18.8. The summed E-state index contributed by atoms with van der Waals surface area (Å²) in [7, 11) is 4.38. The number of nitrogens with one attached hydrogen (secondary N) is 1. The molecule has 2 aromatic carbocycles. The molecule has 0 saturated heterocycles. The number of amides is 1. The van der Waals surface area contributed by atoms with Gasteiger partial charge in [-0.2, -0.15) is 0 Å². The van der Waals surface area contributed by atoms with Crippen LogP contribution in [-0.4, -0.2) is 45.2 Å². The molecule has 0 spiro atoms. The van der Waals surface area contributed by atoms with Gasteiger partial charge in [0.2, 0.25) is 0 Å². The Bertz CT molecular complexity index is 964. The largest absolute Gasteiger partial charge is 0.398 e. The Balaban J connectivity index is 2.34. The maximum Gasteiger partial charge on any atom is 0.273 e. The molecule has 7 nitrogen and oxygen atoms in total. The van der Waals surface area contributed by atoms with Crippen LogP contribution in [0.2, 0.25) is 15.1 Å². The van der Waals surface area contributed by atoms with Crippen molar-refractivity contribution < 1.29 is 19.2 Å². The van der Waals surface area contributed by atoms with Crippen molar-refractivity contribution in [3.63, 3.8) is 0 Å². The Hall–Kier alpha value is -2.32. The quantitative estimate of drug-likeness (QED) is 0.435. The lowest BCUT2D eigenvalue weighted by Gasteiger charge is -2.12. The van der Waals surface area contributed by atoms with Crippen LogP contribution in [0.25, 0.3) is 0 Å². The van der Waals surface area contributed by atoms with Gasteiger partial charge in [-0.1, -0.05) is 63.3 Å². The standard InChI is InChI=1S/C20H20Cl3N3O4/c1-24-20(27)19(26-29-3)13-5-4-6-15(21)14(13)10-30-25-18(11-28-2)12-7-8-16(22)17(23)9-12/h4-9H,10-11H2,1-3H3,(H,24,27)/b25-18+,26-19+. The highest BCUT2D eigenvalue weighted by Crippen LogP contribution is 2.24. The third-order valence-electron chi connectivity index (χ3n) is 3.92. The fourth-order valence-electron chi connectivity index (χ4n) is 2.50. The molecule has 0 atom stereocenters. The zero-order valence-electron chi connectivity index (χ0n) is 16.5. The molecule has 0 bridgehead atoms. The first kappa shape index (κ1) is 24.0. The summed E-state index contributed by atoms with van der Waals surface area (Å²) in [6.45, 7) is 0.158. The van der Waals surface area contributed by atoms with Gasteiger partial charge in [-0.3, -0.25) is 4.79 Å². The predicted octanol–water partition coefficient (Wildman–Crippen LogP) is 4.31. The van der Waals surface area contributed by atoms with E-state index in [1.807, 2.05) is 0 Å². The predicted molar refractivity (Wildman–Crippen MR) is 119 cm³/mol. The van der Waals surface area contributed by atoms with E-state index >= 15 is 0 Å². The first-order valence-corrected chi connectivity index (χ1v) is 9.80. The summed E-state index contributed by atoms with van der Waals surface area (Å²) < 4.78 is 5.19. The van der Waals surface area contributed by atoms with E-state index in [1.54, 1.807) is 36.4 Å². The summed E-state index contributed by atoms with van der Waals surface area (Å²) in [6.07, 6.45) is 0. The van der Waals surface area contributed by atoms with Gasteiger partial charge in [0.25, 0.3) is 5.91 Å². The topological polar surface area (TPSA) is 81.5 Å². The van der Waals surface area contributed by atoms with Crippen molar-refractivity contribution in [3.8, 4) is 0 Å². The lowest BCUT2D eigenvalue weighted by molar-refractivity contribution is -0.114. The van der Waals surface area contributed by atoms with E-state index in [9.17, 15) is 4.79 Å². The van der Waals surface area contributed by atoms with Gasteiger partial charge < -0.3 is 19.7 Å². The summed E-state index contributed by atoms with van der Waals surface area (Å²) >= 11 is 18.4. The molecular weight excluding hydrogens is 453 g/mol. The molecule has 0 radical (unpaired) electrons. The van der Waals surface area contributed by atoms with Crippen LogP contribution < -0.4 is 5.32 Å². The molecule has 160 valence electrons. The average molecular weight is 473 g/mol. The maximum atomic E-state index is 12.2. The first-order chi connectivity index (χ1) is 14.4. The third-order valence-corrected chi connectivity index (χ3v) is 5.01. The molecule has 1 amide bonds. The van der Waals surface area contributed by atoms with Gasteiger partial charge in [-0.15, -0.1) is 0 Å². The number of hydrogen-bond acceptors (Lipinski definition) is 6. The minimum atomic E-state index is -0.431. The van der Waals surface area contributed by atoms with Gasteiger partial charge in [0.1, 0.15) is 19.4 Å². The van der Waals surface area contributed by atoms with Crippen molar-refractivity contribution in [1.29, 1.82) is 0 Å². The molecule has 0 unspecified atom stereocenters. The highest BCUT2D eigenvalue weighted by Gasteiger charge is 2.20. The average Bonchev–Trinajstić information content (AvgIpc) is 2.74. The highest BCUT2D eigenvalue weighted by atomic mass is 35.5. The van der Waals surface area contributed by atoms with Crippen LogP contribution >= 0.6 is 34.8 Å². The second kappa shape index (κ2) is 11.8. The Morgan fingerprint density at radius 3 is 2.43 bits per heavy atom. The number of carbonyl (C=O) groups excluding carboxylic acids is 1. The van der Waals surface area contributed by atoms with E-state index in [0.29, 0.717) is 37.5 Å². The summed E-state index contributed by atoms with van der Waals surface area (Å²) in [5, 5.41) is 11.7. The molecule has 0 fully saturated rings. The Morgan fingerprint density at radius 2 is 1.80 bits per heavy atom. The lowest BCUT2D eigenvalue weighted by Crippen LogP contribution is -2.29. The molecular formula is C20H20Cl3N3O4. The van der Waals surface area contributed by atoms with Crippen molar-refractivity contribution >= 4 is 52.1 Å². The number of ether oxygens (including phenoxy) is 1. The number of carbonyl (C=O) groups is 1. The Labute approximate surface area is 189 Å². The molecule has 2 aromatic rings. The van der Waals surface area contributed by atoms with E-state index in [2.05, 4.69) is 15.6 Å². The third kappa shape index (κ3) is 6.09. The number of nitrogens with zero attached hydrogens (tertiary/aromatic N) is 2. The number of halogens is 3. The molecule has 0 heterocycles. The van der Waals surface area contributed by atoms with Gasteiger partial charge in [-0.25, -0.2) is 0 Å². The van der Waals surface area contributed by atoms with E-state index < -0.39 is 5.91 Å². The second-order valence-corrected chi connectivity index (χ2v) is 7.06. The van der Waals surface area contributed by atoms with E-state index in [0.717, 1.165) is 0 Å². The van der Waals surface area contributed by atoms with Crippen molar-refractivity contribution in [2.24, 2.45) is 10.3 Å². The normalized spacial score (nSPS) is 11.9. The summed E-state index contributed by atoms with van der Waals surface area (Å²) in [6, 6.07) is 10.2. The number of rotatable bonds is 9. The summed E-state index contributed by atoms with van der Waals surface area (Å²) in [5.74, 6) is -0.431. The van der Waals surface area contributed by atoms with Crippen LogP contribution in [0.3, 0.4) is 0 Å². The van der Waals surface area contributed by atoms with E-state index in [-0.39, 0.29) is 18.9 Å². The van der Waals surface area contributed by atoms with Crippen LogP contribution in [-0.2, 0) is 25.8 Å². The van der Waals surface area contributed by atoms with Crippen LogP contribution in [0, 0.1) is 0 Å². The molecule has 0 saturated carbocycles. The monoisotopic (exact) mass is 471 g/mol. The molecule has 1 N–H and O–H groups in total. The van der Waals surface area contributed by atoms with Gasteiger partial charge >= 0.3 is 0 Å². The number of oxime groups is 2. The van der Waals surface area contributed by atoms with Crippen LogP contribution in [0.5, 0.6) is 0 Å². The van der Waals surface area contributed by atoms with E-state index in [4.69, 9.17) is 49.2 Å². The first-order valence-electron chi connectivity index (χ1n) is 8.67. The minimum Gasteiger partial charge on any atom is -0.398 e. The van der Waals surface area contributed by atoms with Gasteiger partial charge in [-0.05, 0) is 18.2 Å². The van der Waals surface area contributed by atoms with Crippen molar-refractivity contribution in [2.75, 3.05) is 27.9 Å². The molecule has 30 heavy (non-hydrogen) atoms. The number of likely N-dealkylation sites (N-methyl/N-ethyl adjacent to an activating group) is 1. The van der Waals surface area contributed by atoms with Crippen molar-refractivity contribution in [1.82, 2.24) is 5.32 Å². The minimum absolute atomic E-state index is 0.0245. The van der Waals surface area contributed by atoms with Crippen LogP contribution in [0.15, 0.2) is 46.7 Å². The number of hydrogen-bond donors (Lipinski definition) is 1. The summed E-state index contributed by atoms with van der Waals surface area (Å²) in [5.41, 5.74) is 2.24. The van der Waals surface area contributed by atoms with Crippen LogP contribution in [0.4, 0.5) is 0 Å². The molecule has 2 rings (SSSR count). The smallest absolute Gasteiger partial charge is 0.273 e. The fourth-order valence-corrected chi connectivity index (χ4v) is 3.03. The lowest BCUT2D eigenvalue weighted by atomic mass is 10.0. The number of benzene rings is 2. The van der Waals surface area contributed by atoms with Gasteiger partial charge in [0.15, 0.2) is 5.71 Å². The molecule has 10 heteroatoms. The van der Waals surface area contributed by atoms with Crippen molar-refractivity contribution in [2.45, 2.75) is 6.61 Å². The van der Waals surface area contributed by atoms with E-state index in [1.165, 1.54) is 21.3 Å². The molecule has 0 aliphatic rings. The van der Waals surface area contributed by atoms with Crippen LogP contribution in [0.1, 0.15) is 16.7 Å². The molecule has 0 aliphatic heterocycles. The van der Waals surface area contributed by atoms with Gasteiger partial charge in [0, 0.05) is 35.9 Å². The van der Waals surface area contributed by atoms with Gasteiger partial charge in [0.05, 0.1) is 16.7 Å². The Kier molecular flexibility index (Phi) is 9.39. The van der Waals surface area contributed by atoms with Crippen molar-refractivity contribution in [3.05, 3.63) is 68.2 Å². The Morgan fingerprint density at radius 1 is 1.03 bits per heavy atom. The zero-order chi connectivity index (χ0) is 22.1. The highest BCUT2D eigenvalue weighted by molar-refractivity contribution is 6.46. The number of methoxy groups -OCH3 is 1. The SMILES string of the molecule is CNC(=O)/C(=N/OC)c1cccc(Cl)c1CO/N=C(\COC)c1ccc(Cl)c(Cl)c1. The fraction of sp³-hybridized carbons (Fsp3) is 0.250. The molecule has 0 aromatic heterocycles. The summed E-state index contributed by atoms with van der Waals surface area (Å²) in [4.78, 5) is 22.6. The second-order valence-electron chi connectivity index (χ2n) is 5.84.